The zero-order valence-corrected chi connectivity index (χ0v) is 13.5. The third-order valence-electron chi connectivity index (χ3n) is 3.24. The lowest BCUT2D eigenvalue weighted by Crippen LogP contribution is -2.32. The first-order chi connectivity index (χ1) is 9.72. The second-order valence-electron chi connectivity index (χ2n) is 5.53. The molecule has 0 radical (unpaired) electrons. The van der Waals surface area contributed by atoms with E-state index in [2.05, 4.69) is 4.72 Å². The molecule has 0 aromatic heterocycles. The Morgan fingerprint density at radius 1 is 1.19 bits per heavy atom. The van der Waals surface area contributed by atoms with Crippen molar-refractivity contribution in [3.63, 3.8) is 0 Å². The van der Waals surface area contributed by atoms with Gasteiger partial charge in [-0.3, -0.25) is 4.79 Å². The number of hydrogen-bond donors (Lipinski definition) is 2. The molecular formula is C15H23NO4S. The van der Waals surface area contributed by atoms with Crippen LogP contribution in [-0.2, 0) is 14.8 Å². The number of nitrogens with one attached hydrogen (secondary N) is 1. The molecule has 0 spiro atoms. The minimum atomic E-state index is -3.55. The number of sulfonamides is 1. The van der Waals surface area contributed by atoms with Crippen molar-refractivity contribution in [3.8, 4) is 0 Å². The van der Waals surface area contributed by atoms with E-state index in [0.717, 1.165) is 5.56 Å². The molecule has 1 aromatic carbocycles. The van der Waals surface area contributed by atoms with Gasteiger partial charge in [-0.05, 0) is 43.4 Å². The normalized spacial score (nSPS) is 13.3. The lowest BCUT2D eigenvalue weighted by molar-refractivity contribution is -0.137. The lowest BCUT2D eigenvalue weighted by atomic mass is 10.0. The fourth-order valence-electron chi connectivity index (χ4n) is 1.98. The average molecular weight is 313 g/mol. The smallest absolute Gasteiger partial charge is 0.303 e. The molecule has 6 heteroatoms. The van der Waals surface area contributed by atoms with Crippen molar-refractivity contribution in [1.82, 2.24) is 4.72 Å². The maximum Gasteiger partial charge on any atom is 0.303 e. The highest BCUT2D eigenvalue weighted by Gasteiger charge is 2.17. The Balaban J connectivity index is 2.66. The van der Waals surface area contributed by atoms with Crippen LogP contribution < -0.4 is 4.72 Å². The van der Waals surface area contributed by atoms with Crippen molar-refractivity contribution >= 4 is 16.0 Å². The number of hydrogen-bond acceptors (Lipinski definition) is 3. The van der Waals surface area contributed by atoms with Gasteiger partial charge >= 0.3 is 5.97 Å². The third kappa shape index (κ3) is 5.85. The van der Waals surface area contributed by atoms with Gasteiger partial charge in [0.25, 0.3) is 0 Å². The van der Waals surface area contributed by atoms with Crippen LogP contribution in [0.5, 0.6) is 0 Å². The van der Waals surface area contributed by atoms with Crippen molar-refractivity contribution in [2.45, 2.75) is 56.9 Å². The van der Waals surface area contributed by atoms with Crippen LogP contribution >= 0.6 is 0 Å². The van der Waals surface area contributed by atoms with Gasteiger partial charge in [-0.15, -0.1) is 0 Å². The van der Waals surface area contributed by atoms with Crippen molar-refractivity contribution in [3.05, 3.63) is 29.8 Å². The quantitative estimate of drug-likeness (QED) is 0.773. The van der Waals surface area contributed by atoms with E-state index < -0.39 is 16.0 Å². The zero-order valence-electron chi connectivity index (χ0n) is 12.7. The van der Waals surface area contributed by atoms with Crippen LogP contribution in [0.2, 0.25) is 0 Å². The summed E-state index contributed by atoms with van der Waals surface area (Å²) in [6.45, 7) is 5.83. The molecule has 118 valence electrons. The summed E-state index contributed by atoms with van der Waals surface area (Å²) in [5.74, 6) is -0.515. The fourth-order valence-corrected chi connectivity index (χ4v) is 3.26. The van der Waals surface area contributed by atoms with E-state index in [1.807, 2.05) is 26.0 Å². The summed E-state index contributed by atoms with van der Waals surface area (Å²) in [7, 11) is -3.55. The summed E-state index contributed by atoms with van der Waals surface area (Å²) in [5, 5.41) is 8.57. The molecule has 0 fully saturated rings. The molecule has 21 heavy (non-hydrogen) atoms. The van der Waals surface area contributed by atoms with Crippen LogP contribution in [0.1, 0.15) is 51.5 Å². The summed E-state index contributed by atoms with van der Waals surface area (Å²) in [5.41, 5.74) is 1.09. The second kappa shape index (κ2) is 7.56. The molecule has 0 heterocycles. The minimum absolute atomic E-state index is 0.0507. The molecule has 2 N–H and O–H groups in total. The summed E-state index contributed by atoms with van der Waals surface area (Å²) in [6.07, 6.45) is 0.996. The highest BCUT2D eigenvalue weighted by molar-refractivity contribution is 7.89. The Labute approximate surface area is 126 Å². The van der Waals surface area contributed by atoms with Gasteiger partial charge in [0, 0.05) is 12.5 Å². The predicted octanol–water partition coefficient (Wildman–Crippen LogP) is 2.73. The summed E-state index contributed by atoms with van der Waals surface area (Å²) in [6, 6.07) is 6.53. The van der Waals surface area contributed by atoms with Crippen LogP contribution in [0.4, 0.5) is 0 Å². The van der Waals surface area contributed by atoms with Gasteiger partial charge < -0.3 is 5.11 Å². The summed E-state index contributed by atoms with van der Waals surface area (Å²) in [4.78, 5) is 10.7. The Hall–Kier alpha value is -1.40. The lowest BCUT2D eigenvalue weighted by Gasteiger charge is -2.14. The monoisotopic (exact) mass is 313 g/mol. The first kappa shape index (κ1) is 17.7. The van der Waals surface area contributed by atoms with Crippen molar-refractivity contribution in [2.75, 3.05) is 0 Å². The van der Waals surface area contributed by atoms with Crippen LogP contribution in [0.15, 0.2) is 29.2 Å². The Kier molecular flexibility index (Phi) is 6.36. The maximum atomic E-state index is 12.2. The van der Waals surface area contributed by atoms with Gasteiger partial charge in [0.05, 0.1) is 4.90 Å². The molecule has 0 amide bonds. The van der Waals surface area contributed by atoms with Crippen molar-refractivity contribution in [2.24, 2.45) is 0 Å². The number of rotatable bonds is 8. The zero-order chi connectivity index (χ0) is 16.0. The predicted molar refractivity (Wildman–Crippen MR) is 81.8 cm³/mol. The molecule has 0 saturated carbocycles. The van der Waals surface area contributed by atoms with E-state index in [-0.39, 0.29) is 17.4 Å². The molecule has 1 rings (SSSR count). The first-order valence-corrected chi connectivity index (χ1v) is 8.55. The van der Waals surface area contributed by atoms with Crippen molar-refractivity contribution < 1.29 is 18.3 Å². The number of aliphatic carboxylic acids is 1. The van der Waals surface area contributed by atoms with E-state index in [4.69, 9.17) is 5.11 Å². The highest BCUT2D eigenvalue weighted by Crippen LogP contribution is 2.17. The van der Waals surface area contributed by atoms with Crippen molar-refractivity contribution in [1.29, 1.82) is 0 Å². The first-order valence-electron chi connectivity index (χ1n) is 7.06. The Morgan fingerprint density at radius 2 is 1.76 bits per heavy atom. The van der Waals surface area contributed by atoms with Gasteiger partial charge in [0.15, 0.2) is 0 Å². The van der Waals surface area contributed by atoms with E-state index in [9.17, 15) is 13.2 Å². The minimum Gasteiger partial charge on any atom is -0.481 e. The van der Waals surface area contributed by atoms with E-state index >= 15 is 0 Å². The van der Waals surface area contributed by atoms with Gasteiger partial charge in [0.1, 0.15) is 0 Å². The standard InChI is InChI=1S/C15H23NO4S/c1-11(2)13-7-9-14(10-8-13)21(19,20)16-12(3)5-4-6-15(17)18/h7-12,16H,4-6H2,1-3H3,(H,17,18). The number of carboxylic acids is 1. The average Bonchev–Trinajstić information content (AvgIpc) is 2.37. The highest BCUT2D eigenvalue weighted by atomic mass is 32.2. The van der Waals surface area contributed by atoms with Gasteiger partial charge in [-0.2, -0.15) is 0 Å². The van der Waals surface area contributed by atoms with Crippen LogP contribution in [0, 0.1) is 0 Å². The molecule has 1 aromatic rings. The molecule has 0 aliphatic carbocycles. The van der Waals surface area contributed by atoms with E-state index in [1.165, 1.54) is 0 Å². The topological polar surface area (TPSA) is 83.5 Å². The van der Waals surface area contributed by atoms with Gasteiger partial charge in [-0.1, -0.05) is 26.0 Å². The molecule has 0 saturated heterocycles. The van der Waals surface area contributed by atoms with Gasteiger partial charge in [0.2, 0.25) is 10.0 Å². The Morgan fingerprint density at radius 3 is 2.24 bits per heavy atom. The number of carboxylic acid groups (broad SMARTS) is 1. The van der Waals surface area contributed by atoms with E-state index in [0.29, 0.717) is 18.8 Å². The fraction of sp³-hybridized carbons (Fsp3) is 0.533. The van der Waals surface area contributed by atoms with E-state index in [1.54, 1.807) is 19.1 Å². The number of benzene rings is 1. The van der Waals surface area contributed by atoms with Crippen LogP contribution in [-0.4, -0.2) is 25.5 Å². The molecule has 0 aliphatic heterocycles. The summed E-state index contributed by atoms with van der Waals surface area (Å²) >= 11 is 0. The third-order valence-corrected chi connectivity index (χ3v) is 4.85. The molecule has 1 unspecified atom stereocenters. The second-order valence-corrected chi connectivity index (χ2v) is 7.25. The molecule has 5 nitrogen and oxygen atoms in total. The largest absolute Gasteiger partial charge is 0.481 e. The Bertz CT molecular complexity index is 564. The van der Waals surface area contributed by atoms with Crippen LogP contribution in [0.25, 0.3) is 0 Å². The molecule has 0 aliphatic rings. The summed E-state index contributed by atoms with van der Waals surface area (Å²) < 4.78 is 27.0. The maximum absolute atomic E-state index is 12.2. The van der Waals surface area contributed by atoms with Gasteiger partial charge in [-0.25, -0.2) is 13.1 Å². The molecular weight excluding hydrogens is 290 g/mol. The van der Waals surface area contributed by atoms with Crippen LogP contribution in [0.3, 0.4) is 0 Å². The SMILES string of the molecule is CC(CCCC(=O)O)NS(=O)(=O)c1ccc(C(C)C)cc1. The number of carbonyl (C=O) groups is 1. The molecule has 1 atom stereocenters. The molecule has 0 bridgehead atoms.